The molecule has 4 N–H and O–H groups in total. The highest BCUT2D eigenvalue weighted by atomic mass is 16.5. The Hall–Kier alpha value is -2.26. The minimum absolute atomic E-state index is 0.344. The smallest absolute Gasteiger partial charge is 0.250 e. The van der Waals surface area contributed by atoms with Gasteiger partial charge in [-0.05, 0) is 18.2 Å². The van der Waals surface area contributed by atoms with E-state index >= 15 is 0 Å². The Morgan fingerprint density at radius 1 is 1.47 bits per heavy atom. The number of hydrogen-bond donors (Lipinski definition) is 2. The van der Waals surface area contributed by atoms with E-state index in [1.807, 2.05) is 4.90 Å². The molecule has 1 aromatic rings. The van der Waals surface area contributed by atoms with Gasteiger partial charge in [0.1, 0.15) is 0 Å². The highest BCUT2D eigenvalue weighted by Gasteiger charge is 2.15. The molecule has 6 nitrogen and oxygen atoms in total. The number of primary amides is 1. The third-order valence-electron chi connectivity index (χ3n) is 2.69. The van der Waals surface area contributed by atoms with Gasteiger partial charge in [-0.2, -0.15) is 5.26 Å². The number of hydrogen-bond acceptors (Lipinski definition) is 5. The molecular weight excluding hydrogens is 244 g/mol. The Kier molecular flexibility index (Phi) is 5.64. The standard InChI is InChI=1S/C13H18N4O2/c1-19-8-7-17(6-2-5-14)12-9-10(15)3-4-11(12)13(16)18/h3-4,9H,2,6-8,15H2,1H3,(H2,16,18). The van der Waals surface area contributed by atoms with E-state index in [9.17, 15) is 4.79 Å². The molecule has 0 radical (unpaired) electrons. The number of nitriles is 1. The summed E-state index contributed by atoms with van der Waals surface area (Å²) in [5.74, 6) is -0.519. The van der Waals surface area contributed by atoms with Crippen molar-refractivity contribution < 1.29 is 9.53 Å². The van der Waals surface area contributed by atoms with Crippen LogP contribution < -0.4 is 16.4 Å². The summed E-state index contributed by atoms with van der Waals surface area (Å²) < 4.78 is 5.03. The second-order valence-corrected chi connectivity index (χ2v) is 4.03. The fourth-order valence-electron chi connectivity index (χ4n) is 1.76. The van der Waals surface area contributed by atoms with E-state index in [-0.39, 0.29) is 0 Å². The molecule has 102 valence electrons. The lowest BCUT2D eigenvalue weighted by molar-refractivity contribution is 0.100. The SMILES string of the molecule is COCCN(CCC#N)c1cc(N)ccc1C(N)=O. The molecule has 0 fully saturated rings. The highest BCUT2D eigenvalue weighted by Crippen LogP contribution is 2.23. The van der Waals surface area contributed by atoms with Gasteiger partial charge in [-0.1, -0.05) is 0 Å². The first kappa shape index (κ1) is 14.8. The predicted octanol–water partition coefficient (Wildman–Crippen LogP) is 0.734. The van der Waals surface area contributed by atoms with Crippen LogP contribution >= 0.6 is 0 Å². The van der Waals surface area contributed by atoms with Crippen molar-refractivity contribution in [3.8, 4) is 6.07 Å². The highest BCUT2D eigenvalue weighted by molar-refractivity contribution is 5.99. The average Bonchev–Trinajstić information content (AvgIpc) is 2.38. The van der Waals surface area contributed by atoms with Gasteiger partial charge in [0.05, 0.1) is 30.3 Å². The number of nitrogen functional groups attached to an aromatic ring is 1. The number of nitrogens with zero attached hydrogens (tertiary/aromatic N) is 2. The zero-order valence-corrected chi connectivity index (χ0v) is 10.9. The molecule has 6 heteroatoms. The van der Waals surface area contributed by atoms with E-state index in [1.54, 1.807) is 25.3 Å². The van der Waals surface area contributed by atoms with Crippen LogP contribution in [0.4, 0.5) is 11.4 Å². The van der Waals surface area contributed by atoms with Crippen molar-refractivity contribution in [2.75, 3.05) is 37.4 Å². The summed E-state index contributed by atoms with van der Waals surface area (Å²) in [7, 11) is 1.59. The summed E-state index contributed by atoms with van der Waals surface area (Å²) in [6, 6.07) is 6.99. The molecule has 0 saturated heterocycles. The van der Waals surface area contributed by atoms with Crippen LogP contribution in [0.5, 0.6) is 0 Å². The van der Waals surface area contributed by atoms with Gasteiger partial charge in [0.25, 0.3) is 5.91 Å². The molecule has 0 aliphatic carbocycles. The molecule has 0 spiro atoms. The molecular formula is C13H18N4O2. The van der Waals surface area contributed by atoms with Crippen LogP contribution in [0.15, 0.2) is 18.2 Å². The number of rotatable bonds is 7. The second kappa shape index (κ2) is 7.24. The van der Waals surface area contributed by atoms with Crippen LogP contribution in [0.2, 0.25) is 0 Å². The average molecular weight is 262 g/mol. The van der Waals surface area contributed by atoms with Crippen molar-refractivity contribution in [3.05, 3.63) is 23.8 Å². The summed E-state index contributed by atoms with van der Waals surface area (Å²) in [5.41, 5.74) is 12.7. The Morgan fingerprint density at radius 2 is 2.21 bits per heavy atom. The van der Waals surface area contributed by atoms with Crippen LogP contribution in [0, 0.1) is 11.3 Å². The first-order valence-electron chi connectivity index (χ1n) is 5.90. The lowest BCUT2D eigenvalue weighted by Crippen LogP contribution is -2.30. The van der Waals surface area contributed by atoms with E-state index in [0.717, 1.165) is 0 Å². The number of benzene rings is 1. The third-order valence-corrected chi connectivity index (χ3v) is 2.69. The lowest BCUT2D eigenvalue weighted by atomic mass is 10.1. The number of ether oxygens (including phenoxy) is 1. The second-order valence-electron chi connectivity index (χ2n) is 4.03. The van der Waals surface area contributed by atoms with Gasteiger partial charge >= 0.3 is 0 Å². The number of carbonyl (C=O) groups is 1. The zero-order valence-electron chi connectivity index (χ0n) is 10.9. The van der Waals surface area contributed by atoms with Gasteiger partial charge in [0.15, 0.2) is 0 Å². The summed E-state index contributed by atoms with van der Waals surface area (Å²) in [5, 5.41) is 8.70. The van der Waals surface area contributed by atoms with Crippen LogP contribution in [0.3, 0.4) is 0 Å². The monoisotopic (exact) mass is 262 g/mol. The summed E-state index contributed by atoms with van der Waals surface area (Å²) in [4.78, 5) is 13.3. The Labute approximate surface area is 112 Å². The van der Waals surface area contributed by atoms with Crippen LogP contribution in [-0.4, -0.2) is 32.7 Å². The summed E-state index contributed by atoms with van der Waals surface area (Å²) in [6.45, 7) is 1.53. The van der Waals surface area contributed by atoms with Gasteiger partial charge in [0, 0.05) is 25.9 Å². The van der Waals surface area contributed by atoms with E-state index in [2.05, 4.69) is 6.07 Å². The third kappa shape index (κ3) is 4.16. The number of anilines is 2. The molecule has 0 heterocycles. The van der Waals surface area contributed by atoms with Crippen molar-refractivity contribution in [2.24, 2.45) is 5.73 Å². The molecule has 0 bridgehead atoms. The van der Waals surface area contributed by atoms with Crippen molar-refractivity contribution in [3.63, 3.8) is 0 Å². The first-order chi connectivity index (χ1) is 9.10. The van der Waals surface area contributed by atoms with Crippen LogP contribution in [0.1, 0.15) is 16.8 Å². The van der Waals surface area contributed by atoms with Crippen molar-refractivity contribution >= 4 is 17.3 Å². The number of methoxy groups -OCH3 is 1. The summed E-state index contributed by atoms with van der Waals surface area (Å²) >= 11 is 0. The van der Waals surface area contributed by atoms with E-state index in [1.165, 1.54) is 0 Å². The maximum atomic E-state index is 11.4. The van der Waals surface area contributed by atoms with Gasteiger partial charge in [-0.3, -0.25) is 4.79 Å². The number of amides is 1. The molecule has 0 unspecified atom stereocenters. The Balaban J connectivity index is 3.08. The van der Waals surface area contributed by atoms with Crippen LogP contribution in [0.25, 0.3) is 0 Å². The van der Waals surface area contributed by atoms with Gasteiger partial charge in [-0.25, -0.2) is 0 Å². The molecule has 1 amide bonds. The van der Waals surface area contributed by atoms with Crippen LogP contribution in [-0.2, 0) is 4.74 Å². The predicted molar refractivity (Wildman–Crippen MR) is 73.7 cm³/mol. The fourth-order valence-corrected chi connectivity index (χ4v) is 1.76. The van der Waals surface area contributed by atoms with E-state index in [0.29, 0.717) is 43.1 Å². The van der Waals surface area contributed by atoms with Crippen molar-refractivity contribution in [1.29, 1.82) is 5.26 Å². The Bertz CT molecular complexity index is 482. The molecule has 1 rings (SSSR count). The van der Waals surface area contributed by atoms with Gasteiger partial charge in [0.2, 0.25) is 0 Å². The quantitative estimate of drug-likeness (QED) is 0.705. The molecule has 0 saturated carbocycles. The molecule has 1 aromatic carbocycles. The maximum absolute atomic E-state index is 11.4. The maximum Gasteiger partial charge on any atom is 0.250 e. The van der Waals surface area contributed by atoms with Gasteiger partial charge in [-0.15, -0.1) is 0 Å². The van der Waals surface area contributed by atoms with E-state index in [4.69, 9.17) is 21.5 Å². The minimum Gasteiger partial charge on any atom is -0.399 e. The molecule has 19 heavy (non-hydrogen) atoms. The van der Waals surface area contributed by atoms with Gasteiger partial charge < -0.3 is 21.1 Å². The molecule has 0 atom stereocenters. The number of carbonyl (C=O) groups excluding carboxylic acids is 1. The topological polar surface area (TPSA) is 105 Å². The zero-order chi connectivity index (χ0) is 14.3. The first-order valence-corrected chi connectivity index (χ1v) is 5.90. The molecule has 0 aliphatic heterocycles. The molecule has 0 aromatic heterocycles. The number of nitrogens with two attached hydrogens (primary N) is 2. The Morgan fingerprint density at radius 3 is 2.79 bits per heavy atom. The lowest BCUT2D eigenvalue weighted by Gasteiger charge is -2.25. The minimum atomic E-state index is -0.519. The van der Waals surface area contributed by atoms with Crippen molar-refractivity contribution in [2.45, 2.75) is 6.42 Å². The van der Waals surface area contributed by atoms with Crippen molar-refractivity contribution in [1.82, 2.24) is 0 Å². The van der Waals surface area contributed by atoms with E-state index < -0.39 is 5.91 Å². The molecule has 0 aliphatic rings. The largest absolute Gasteiger partial charge is 0.399 e. The fraction of sp³-hybridized carbons (Fsp3) is 0.385. The normalized spacial score (nSPS) is 9.89. The summed E-state index contributed by atoms with van der Waals surface area (Å²) in [6.07, 6.45) is 0.344.